The molecule has 0 spiro atoms. The normalized spacial score (nSPS) is 12.0. The molecule has 0 bridgehead atoms. The fraction of sp³-hybridized carbons (Fsp3) is 0.400. The molecular formula is C15H19N5O3. The number of amides is 1. The summed E-state index contributed by atoms with van der Waals surface area (Å²) < 4.78 is 6.22. The first-order valence-corrected chi connectivity index (χ1v) is 7.23. The van der Waals surface area contributed by atoms with Crippen LogP contribution in [0.2, 0.25) is 0 Å². The molecule has 8 nitrogen and oxygen atoms in total. The lowest BCUT2D eigenvalue weighted by molar-refractivity contribution is -0.143. The molecule has 0 saturated heterocycles. The predicted octanol–water partition coefficient (Wildman–Crippen LogP) is 0.980. The number of carbonyl (C=O) groups is 2. The topological polar surface area (TPSA) is 99.0 Å². The van der Waals surface area contributed by atoms with Crippen LogP contribution in [0.5, 0.6) is 0 Å². The lowest BCUT2D eigenvalue weighted by atomic mass is 10.0. The van der Waals surface area contributed by atoms with Crippen LogP contribution in [0.4, 0.5) is 0 Å². The zero-order valence-corrected chi connectivity index (χ0v) is 13.3. The Morgan fingerprint density at radius 2 is 1.96 bits per heavy atom. The highest BCUT2D eigenvalue weighted by molar-refractivity contribution is 5.96. The van der Waals surface area contributed by atoms with Gasteiger partial charge in [-0.15, -0.1) is 5.10 Å². The van der Waals surface area contributed by atoms with Crippen LogP contribution in [0.25, 0.3) is 5.69 Å². The number of esters is 1. The van der Waals surface area contributed by atoms with Crippen molar-refractivity contribution in [2.24, 2.45) is 5.92 Å². The monoisotopic (exact) mass is 317 g/mol. The van der Waals surface area contributed by atoms with Gasteiger partial charge in [0.25, 0.3) is 5.91 Å². The van der Waals surface area contributed by atoms with Gasteiger partial charge in [-0.3, -0.25) is 4.79 Å². The van der Waals surface area contributed by atoms with E-state index in [2.05, 4.69) is 20.8 Å². The lowest BCUT2D eigenvalue weighted by Crippen LogP contribution is -2.42. The van der Waals surface area contributed by atoms with E-state index in [0.717, 1.165) is 5.69 Å². The summed E-state index contributed by atoms with van der Waals surface area (Å²) in [5.74, 6) is -0.525. The Kier molecular flexibility index (Phi) is 5.40. The quantitative estimate of drug-likeness (QED) is 0.797. The molecule has 1 aromatic carbocycles. The zero-order valence-electron chi connectivity index (χ0n) is 13.3. The Balaban J connectivity index is 2.08. The number of rotatable bonds is 6. The third-order valence-electron chi connectivity index (χ3n) is 3.24. The Hall–Kier alpha value is -2.77. The number of benzene rings is 1. The first kappa shape index (κ1) is 16.6. The summed E-state index contributed by atoms with van der Waals surface area (Å²) in [6.45, 7) is 3.95. The largest absolute Gasteiger partial charge is 0.467 e. The van der Waals surface area contributed by atoms with Gasteiger partial charge >= 0.3 is 5.97 Å². The molecule has 2 aromatic rings. The molecule has 122 valence electrons. The van der Waals surface area contributed by atoms with Crippen molar-refractivity contribution in [3.8, 4) is 5.69 Å². The number of methoxy groups -OCH3 is 1. The minimum absolute atomic E-state index is 0.251. The molecule has 1 atom stereocenters. The second-order valence-corrected chi connectivity index (χ2v) is 5.48. The van der Waals surface area contributed by atoms with Crippen LogP contribution < -0.4 is 5.32 Å². The van der Waals surface area contributed by atoms with Crippen LogP contribution in [0.15, 0.2) is 30.6 Å². The molecule has 0 aliphatic rings. The van der Waals surface area contributed by atoms with Crippen molar-refractivity contribution in [2.75, 3.05) is 7.11 Å². The Bertz CT molecular complexity index is 652. The van der Waals surface area contributed by atoms with Crippen molar-refractivity contribution in [1.29, 1.82) is 0 Å². The highest BCUT2D eigenvalue weighted by Gasteiger charge is 2.23. The molecule has 0 fully saturated rings. The van der Waals surface area contributed by atoms with Gasteiger partial charge in [0, 0.05) is 5.56 Å². The summed E-state index contributed by atoms with van der Waals surface area (Å²) in [5.41, 5.74) is 1.18. The number of ether oxygens (including phenoxy) is 1. The molecule has 1 heterocycles. The maximum atomic E-state index is 12.3. The molecule has 0 aliphatic heterocycles. The number of tetrazole rings is 1. The fourth-order valence-corrected chi connectivity index (χ4v) is 2.11. The van der Waals surface area contributed by atoms with E-state index in [9.17, 15) is 9.59 Å². The van der Waals surface area contributed by atoms with Crippen LogP contribution in [0, 0.1) is 5.92 Å². The van der Waals surface area contributed by atoms with E-state index >= 15 is 0 Å². The van der Waals surface area contributed by atoms with Crippen molar-refractivity contribution in [3.05, 3.63) is 36.2 Å². The van der Waals surface area contributed by atoms with E-state index in [4.69, 9.17) is 4.74 Å². The van der Waals surface area contributed by atoms with Gasteiger partial charge in [0.15, 0.2) is 0 Å². The van der Waals surface area contributed by atoms with Crippen LogP contribution >= 0.6 is 0 Å². The van der Waals surface area contributed by atoms with Gasteiger partial charge in [-0.05, 0) is 47.0 Å². The van der Waals surface area contributed by atoms with Crippen LogP contribution in [-0.2, 0) is 9.53 Å². The van der Waals surface area contributed by atoms with Gasteiger partial charge in [-0.2, -0.15) is 0 Å². The van der Waals surface area contributed by atoms with Gasteiger partial charge in [-0.1, -0.05) is 13.8 Å². The summed E-state index contributed by atoms with van der Waals surface area (Å²) in [6.07, 6.45) is 1.98. The van der Waals surface area contributed by atoms with Gasteiger partial charge < -0.3 is 10.1 Å². The molecule has 8 heteroatoms. The first-order valence-electron chi connectivity index (χ1n) is 7.23. The van der Waals surface area contributed by atoms with Crippen molar-refractivity contribution in [2.45, 2.75) is 26.3 Å². The maximum absolute atomic E-state index is 12.3. The van der Waals surface area contributed by atoms with E-state index in [1.807, 2.05) is 13.8 Å². The molecule has 0 radical (unpaired) electrons. The highest BCUT2D eigenvalue weighted by atomic mass is 16.5. The van der Waals surface area contributed by atoms with Gasteiger partial charge in [0.05, 0.1) is 12.8 Å². The Labute approximate surface area is 133 Å². The highest BCUT2D eigenvalue weighted by Crippen LogP contribution is 2.10. The smallest absolute Gasteiger partial charge is 0.328 e. The van der Waals surface area contributed by atoms with Crippen LogP contribution in [0.3, 0.4) is 0 Å². The summed E-state index contributed by atoms with van der Waals surface area (Å²) in [6, 6.07) is 6.08. The molecule has 23 heavy (non-hydrogen) atoms. The molecule has 0 saturated carbocycles. The average molecular weight is 317 g/mol. The van der Waals surface area contributed by atoms with Gasteiger partial charge in [-0.25, -0.2) is 9.48 Å². The summed E-state index contributed by atoms with van der Waals surface area (Å²) in [7, 11) is 1.31. The molecule has 1 aromatic heterocycles. The standard InChI is InChI=1S/C15H19N5O3/c1-10(2)8-13(15(22)23-3)17-14(21)11-4-6-12(7-5-11)20-9-16-18-19-20/h4-7,9-10,13H,8H2,1-3H3,(H,17,21)/t13-/m0/s1. The zero-order chi connectivity index (χ0) is 16.8. The SMILES string of the molecule is COC(=O)[C@H](CC(C)C)NC(=O)c1ccc(-n2cnnn2)cc1. The predicted molar refractivity (Wildman–Crippen MR) is 81.9 cm³/mol. The third-order valence-corrected chi connectivity index (χ3v) is 3.24. The number of hydrogen-bond donors (Lipinski definition) is 1. The minimum atomic E-state index is -0.660. The summed E-state index contributed by atoms with van der Waals surface area (Å²) in [4.78, 5) is 24.1. The number of nitrogens with zero attached hydrogens (tertiary/aromatic N) is 4. The molecular weight excluding hydrogens is 298 g/mol. The summed E-state index contributed by atoms with van der Waals surface area (Å²) in [5, 5.41) is 13.6. The van der Waals surface area contributed by atoms with Crippen molar-refractivity contribution in [1.82, 2.24) is 25.5 Å². The average Bonchev–Trinajstić information content (AvgIpc) is 3.07. The van der Waals surface area contributed by atoms with Crippen LogP contribution in [-0.4, -0.2) is 45.2 Å². The molecule has 0 unspecified atom stereocenters. The maximum Gasteiger partial charge on any atom is 0.328 e. The minimum Gasteiger partial charge on any atom is -0.467 e. The second kappa shape index (κ2) is 7.48. The van der Waals surface area contributed by atoms with E-state index in [1.165, 1.54) is 18.1 Å². The van der Waals surface area contributed by atoms with Crippen molar-refractivity contribution < 1.29 is 14.3 Å². The third kappa shape index (κ3) is 4.35. The number of carbonyl (C=O) groups excluding carboxylic acids is 2. The van der Waals surface area contributed by atoms with Crippen molar-refractivity contribution in [3.63, 3.8) is 0 Å². The van der Waals surface area contributed by atoms with E-state index in [1.54, 1.807) is 24.3 Å². The molecule has 0 aliphatic carbocycles. The van der Waals surface area contributed by atoms with E-state index in [-0.39, 0.29) is 11.8 Å². The van der Waals surface area contributed by atoms with E-state index < -0.39 is 12.0 Å². The molecule has 2 rings (SSSR count). The Morgan fingerprint density at radius 1 is 1.26 bits per heavy atom. The van der Waals surface area contributed by atoms with Crippen molar-refractivity contribution >= 4 is 11.9 Å². The number of aromatic nitrogens is 4. The molecule has 1 N–H and O–H groups in total. The number of hydrogen-bond acceptors (Lipinski definition) is 6. The van der Waals surface area contributed by atoms with Gasteiger partial charge in [0.2, 0.25) is 0 Å². The van der Waals surface area contributed by atoms with Crippen LogP contribution in [0.1, 0.15) is 30.6 Å². The number of nitrogens with one attached hydrogen (secondary N) is 1. The summed E-state index contributed by atoms with van der Waals surface area (Å²) >= 11 is 0. The second-order valence-electron chi connectivity index (χ2n) is 5.48. The fourth-order valence-electron chi connectivity index (χ4n) is 2.11. The Morgan fingerprint density at radius 3 is 2.48 bits per heavy atom. The first-order chi connectivity index (χ1) is 11.0. The lowest BCUT2D eigenvalue weighted by Gasteiger charge is -2.18. The molecule has 1 amide bonds. The van der Waals surface area contributed by atoms with E-state index in [0.29, 0.717) is 12.0 Å². The van der Waals surface area contributed by atoms with Gasteiger partial charge in [0.1, 0.15) is 12.4 Å².